The first-order valence-electron chi connectivity index (χ1n) is 4.95. The van der Waals surface area contributed by atoms with E-state index in [4.69, 9.17) is 4.74 Å². The van der Waals surface area contributed by atoms with Crippen LogP contribution in [0.3, 0.4) is 0 Å². The third-order valence-corrected chi connectivity index (χ3v) is 2.43. The number of halogens is 1. The van der Waals surface area contributed by atoms with Crippen LogP contribution in [0.1, 0.15) is 12.5 Å². The normalized spacial score (nSPS) is 13.9. The van der Waals surface area contributed by atoms with E-state index in [0.717, 1.165) is 5.56 Å². The second-order valence-electron chi connectivity index (χ2n) is 3.35. The van der Waals surface area contributed by atoms with Crippen molar-refractivity contribution in [3.8, 4) is 0 Å². The maximum atomic E-state index is 13.5. The molecule has 0 radical (unpaired) electrons. The van der Waals surface area contributed by atoms with E-state index in [-0.39, 0.29) is 5.82 Å². The Morgan fingerprint density at radius 3 is 3.13 bits per heavy atom. The molecule has 4 heteroatoms. The Morgan fingerprint density at radius 1 is 1.60 bits per heavy atom. The number of carbonyl (C=O) groups is 1. The molecule has 0 aliphatic carbocycles. The third kappa shape index (κ3) is 1.67. The number of hydrogen-bond donors (Lipinski definition) is 0. The molecule has 2 rings (SSSR count). The first-order chi connectivity index (χ1) is 7.24. The largest absolute Gasteiger partial charge is 0.449 e. The number of fused-ring (bicyclic) bond motifs is 1. The molecular weight excluding hydrogens is 197 g/mol. The highest BCUT2D eigenvalue weighted by molar-refractivity contribution is 5.90. The monoisotopic (exact) mass is 209 g/mol. The molecule has 0 unspecified atom stereocenters. The van der Waals surface area contributed by atoms with Gasteiger partial charge in [-0.05, 0) is 25.0 Å². The summed E-state index contributed by atoms with van der Waals surface area (Å²) >= 11 is 0. The van der Waals surface area contributed by atoms with Crippen molar-refractivity contribution < 1.29 is 13.9 Å². The van der Waals surface area contributed by atoms with Crippen LogP contribution in [0.5, 0.6) is 0 Å². The van der Waals surface area contributed by atoms with Gasteiger partial charge in [0.05, 0.1) is 12.3 Å². The summed E-state index contributed by atoms with van der Waals surface area (Å²) < 4.78 is 18.4. The van der Waals surface area contributed by atoms with Gasteiger partial charge in [0.25, 0.3) is 0 Å². The lowest BCUT2D eigenvalue weighted by molar-refractivity contribution is 0.160. The Balaban J connectivity index is 2.31. The van der Waals surface area contributed by atoms with E-state index >= 15 is 0 Å². The quantitative estimate of drug-likeness (QED) is 0.710. The smallest absolute Gasteiger partial charge is 0.414 e. The molecule has 1 amide bonds. The molecule has 1 aliphatic rings. The molecule has 0 N–H and O–H groups in total. The molecule has 0 saturated carbocycles. The van der Waals surface area contributed by atoms with Gasteiger partial charge >= 0.3 is 6.09 Å². The number of rotatable bonds is 1. The Morgan fingerprint density at radius 2 is 2.40 bits per heavy atom. The van der Waals surface area contributed by atoms with E-state index in [2.05, 4.69) is 0 Å². The molecule has 0 fully saturated rings. The zero-order valence-corrected chi connectivity index (χ0v) is 8.50. The fourth-order valence-corrected chi connectivity index (χ4v) is 1.79. The van der Waals surface area contributed by atoms with Gasteiger partial charge in [0.1, 0.15) is 5.82 Å². The van der Waals surface area contributed by atoms with Crippen LogP contribution in [-0.4, -0.2) is 19.2 Å². The third-order valence-electron chi connectivity index (χ3n) is 2.43. The highest BCUT2D eigenvalue weighted by Crippen LogP contribution is 2.30. The van der Waals surface area contributed by atoms with Crippen LogP contribution in [0.15, 0.2) is 18.2 Å². The fourth-order valence-electron chi connectivity index (χ4n) is 1.79. The van der Waals surface area contributed by atoms with E-state index < -0.39 is 6.09 Å². The number of benzene rings is 1. The Kier molecular flexibility index (Phi) is 2.58. The molecule has 1 aliphatic heterocycles. The lowest BCUT2D eigenvalue weighted by atomic mass is 10.2. The lowest BCUT2D eigenvalue weighted by Crippen LogP contribution is -2.30. The van der Waals surface area contributed by atoms with Gasteiger partial charge in [0.2, 0.25) is 0 Å². The van der Waals surface area contributed by atoms with Crippen LogP contribution in [0.25, 0.3) is 0 Å². The van der Waals surface area contributed by atoms with Crippen LogP contribution in [0, 0.1) is 5.82 Å². The first kappa shape index (κ1) is 9.96. The number of carbonyl (C=O) groups excluding carboxylic acids is 1. The zero-order chi connectivity index (χ0) is 10.8. The van der Waals surface area contributed by atoms with Crippen molar-refractivity contribution in [1.29, 1.82) is 0 Å². The maximum Gasteiger partial charge on any atom is 0.414 e. The van der Waals surface area contributed by atoms with Gasteiger partial charge in [-0.15, -0.1) is 0 Å². The van der Waals surface area contributed by atoms with Crippen molar-refractivity contribution in [2.24, 2.45) is 0 Å². The molecule has 0 spiro atoms. The van der Waals surface area contributed by atoms with Crippen LogP contribution in [-0.2, 0) is 11.2 Å². The molecular formula is C11H12FNO2. The Bertz CT molecular complexity index is 392. The number of ether oxygens (including phenoxy) is 1. The second-order valence-corrected chi connectivity index (χ2v) is 3.35. The fraction of sp³-hybridized carbons (Fsp3) is 0.364. The first-order valence-corrected chi connectivity index (χ1v) is 4.95. The van der Waals surface area contributed by atoms with Gasteiger partial charge in [-0.25, -0.2) is 9.18 Å². The van der Waals surface area contributed by atoms with Crippen molar-refractivity contribution in [2.75, 3.05) is 18.1 Å². The van der Waals surface area contributed by atoms with Gasteiger partial charge < -0.3 is 4.74 Å². The molecule has 3 nitrogen and oxygen atoms in total. The van der Waals surface area contributed by atoms with Gasteiger partial charge in [0, 0.05) is 6.54 Å². The summed E-state index contributed by atoms with van der Waals surface area (Å²) in [4.78, 5) is 12.9. The number of para-hydroxylation sites is 1. The van der Waals surface area contributed by atoms with E-state index in [0.29, 0.717) is 25.3 Å². The SMILES string of the molecule is CCOC(=O)N1CCc2cccc(F)c21. The van der Waals surface area contributed by atoms with Crippen molar-refractivity contribution in [3.05, 3.63) is 29.6 Å². The molecule has 0 saturated heterocycles. The molecule has 80 valence electrons. The number of hydrogen-bond acceptors (Lipinski definition) is 2. The van der Waals surface area contributed by atoms with Gasteiger partial charge in [-0.2, -0.15) is 0 Å². The molecule has 1 aromatic rings. The standard InChI is InChI=1S/C11H12FNO2/c1-2-15-11(14)13-7-6-8-4-3-5-9(12)10(8)13/h3-5H,2,6-7H2,1H3. The van der Waals surface area contributed by atoms with Crippen LogP contribution in [0.4, 0.5) is 14.9 Å². The van der Waals surface area contributed by atoms with Crippen molar-refractivity contribution >= 4 is 11.8 Å². The average Bonchev–Trinajstić information content (AvgIpc) is 2.63. The molecule has 1 heterocycles. The van der Waals surface area contributed by atoms with Crippen LogP contribution in [0.2, 0.25) is 0 Å². The molecule has 15 heavy (non-hydrogen) atoms. The molecule has 0 aromatic heterocycles. The minimum absolute atomic E-state index is 0.305. The van der Waals surface area contributed by atoms with Gasteiger partial charge in [0.15, 0.2) is 0 Å². The Labute approximate surface area is 87.5 Å². The van der Waals surface area contributed by atoms with E-state index in [1.54, 1.807) is 13.0 Å². The van der Waals surface area contributed by atoms with Crippen LogP contribution >= 0.6 is 0 Å². The number of nitrogens with zero attached hydrogens (tertiary/aromatic N) is 1. The zero-order valence-electron chi connectivity index (χ0n) is 8.50. The van der Waals surface area contributed by atoms with Crippen molar-refractivity contribution in [3.63, 3.8) is 0 Å². The summed E-state index contributed by atoms with van der Waals surface area (Å²) in [5.41, 5.74) is 1.24. The van der Waals surface area contributed by atoms with E-state index in [1.807, 2.05) is 6.07 Å². The summed E-state index contributed by atoms with van der Waals surface area (Å²) in [7, 11) is 0. The Hall–Kier alpha value is -1.58. The van der Waals surface area contributed by atoms with Gasteiger partial charge in [-0.1, -0.05) is 12.1 Å². The minimum atomic E-state index is -0.471. The minimum Gasteiger partial charge on any atom is -0.449 e. The molecule has 1 aromatic carbocycles. The average molecular weight is 209 g/mol. The summed E-state index contributed by atoms with van der Waals surface area (Å²) in [5.74, 6) is -0.363. The lowest BCUT2D eigenvalue weighted by Gasteiger charge is -2.16. The summed E-state index contributed by atoms with van der Waals surface area (Å²) in [6, 6.07) is 4.84. The highest BCUT2D eigenvalue weighted by atomic mass is 19.1. The number of anilines is 1. The highest BCUT2D eigenvalue weighted by Gasteiger charge is 2.28. The predicted molar refractivity (Wildman–Crippen MR) is 54.5 cm³/mol. The van der Waals surface area contributed by atoms with Gasteiger partial charge in [-0.3, -0.25) is 4.90 Å². The molecule has 0 atom stereocenters. The summed E-state index contributed by atoms with van der Waals surface area (Å²) in [6.07, 6.45) is 0.215. The van der Waals surface area contributed by atoms with Crippen molar-refractivity contribution in [2.45, 2.75) is 13.3 Å². The summed E-state index contributed by atoms with van der Waals surface area (Å²) in [6.45, 7) is 2.53. The number of amides is 1. The van der Waals surface area contributed by atoms with Crippen LogP contribution < -0.4 is 4.90 Å². The molecule has 0 bridgehead atoms. The van der Waals surface area contributed by atoms with Crippen molar-refractivity contribution in [1.82, 2.24) is 0 Å². The maximum absolute atomic E-state index is 13.5. The van der Waals surface area contributed by atoms with E-state index in [9.17, 15) is 9.18 Å². The summed E-state index contributed by atoms with van der Waals surface area (Å²) in [5, 5.41) is 0. The predicted octanol–water partition coefficient (Wildman–Crippen LogP) is 2.34. The second kappa shape index (κ2) is 3.88. The van der Waals surface area contributed by atoms with E-state index in [1.165, 1.54) is 11.0 Å². The topological polar surface area (TPSA) is 29.5 Å².